The second kappa shape index (κ2) is 8.71. The summed E-state index contributed by atoms with van der Waals surface area (Å²) in [7, 11) is 0. The average molecular weight is 431 g/mol. The molecule has 5 heteroatoms. The highest BCUT2D eigenvalue weighted by atomic mass is 35.5. The summed E-state index contributed by atoms with van der Waals surface area (Å²) in [6.07, 6.45) is 1.81. The van der Waals surface area contributed by atoms with Crippen LogP contribution in [-0.2, 0) is 6.61 Å². The second-order valence-electron chi connectivity index (χ2n) is 6.95. The fourth-order valence-electron chi connectivity index (χ4n) is 3.23. The van der Waals surface area contributed by atoms with Gasteiger partial charge in [0.15, 0.2) is 0 Å². The lowest BCUT2D eigenvalue weighted by Gasteiger charge is -2.12. The van der Waals surface area contributed by atoms with E-state index >= 15 is 0 Å². The number of benzene rings is 3. The molecule has 3 aromatic carbocycles. The first kappa shape index (κ1) is 20.2. The molecule has 30 heavy (non-hydrogen) atoms. The predicted octanol–water partition coefficient (Wildman–Crippen LogP) is 7.37. The van der Waals surface area contributed by atoms with Crippen LogP contribution in [0, 0.1) is 25.2 Å². The Hall–Kier alpha value is -3.13. The maximum absolute atomic E-state index is 9.51. The first-order chi connectivity index (χ1) is 14.6. The highest BCUT2D eigenvalue weighted by Crippen LogP contribution is 2.35. The second-order valence-corrected chi connectivity index (χ2v) is 8.59. The van der Waals surface area contributed by atoms with Crippen molar-refractivity contribution >= 4 is 44.9 Å². The maximum atomic E-state index is 9.51. The van der Waals surface area contributed by atoms with E-state index < -0.39 is 0 Å². The fourth-order valence-corrected chi connectivity index (χ4v) is 4.31. The van der Waals surface area contributed by atoms with Crippen LogP contribution in [0.2, 0.25) is 5.02 Å². The molecule has 0 radical (unpaired) electrons. The Morgan fingerprint density at radius 3 is 2.60 bits per heavy atom. The molecule has 0 unspecified atom stereocenters. The molecular formula is C25H19ClN2OS. The highest BCUT2D eigenvalue weighted by molar-refractivity contribution is 7.16. The third-order valence-electron chi connectivity index (χ3n) is 5.03. The first-order valence-electron chi connectivity index (χ1n) is 9.50. The molecule has 1 aromatic heterocycles. The first-order valence-corrected chi connectivity index (χ1v) is 10.7. The third kappa shape index (κ3) is 4.09. The molecule has 4 aromatic rings. The van der Waals surface area contributed by atoms with Crippen molar-refractivity contribution in [3.05, 3.63) is 92.8 Å². The van der Waals surface area contributed by atoms with Crippen LogP contribution in [0.5, 0.6) is 5.75 Å². The zero-order chi connectivity index (χ0) is 21.1. The Morgan fingerprint density at radius 1 is 1.07 bits per heavy atom. The quantitative estimate of drug-likeness (QED) is 0.310. The number of hydrogen-bond acceptors (Lipinski definition) is 4. The molecule has 0 amide bonds. The van der Waals surface area contributed by atoms with Crippen molar-refractivity contribution in [2.45, 2.75) is 20.5 Å². The normalized spacial score (nSPS) is 11.1. The monoisotopic (exact) mass is 430 g/mol. The topological polar surface area (TPSA) is 45.4 Å². The van der Waals surface area contributed by atoms with Gasteiger partial charge in [-0.3, -0.25) is 0 Å². The van der Waals surface area contributed by atoms with Gasteiger partial charge in [-0.25, -0.2) is 4.99 Å². The van der Waals surface area contributed by atoms with Gasteiger partial charge in [-0.05, 0) is 53.9 Å². The van der Waals surface area contributed by atoms with Crippen LogP contribution in [0.25, 0.3) is 10.8 Å². The minimum absolute atomic E-state index is 0.428. The van der Waals surface area contributed by atoms with Gasteiger partial charge in [-0.2, -0.15) is 5.26 Å². The molecule has 0 aliphatic rings. The predicted molar refractivity (Wildman–Crippen MR) is 125 cm³/mol. The van der Waals surface area contributed by atoms with Crippen LogP contribution in [0.1, 0.15) is 27.1 Å². The van der Waals surface area contributed by atoms with Crippen LogP contribution >= 0.6 is 22.9 Å². The number of thiophene rings is 1. The minimum Gasteiger partial charge on any atom is -0.488 e. The SMILES string of the molecule is Cc1sc(N=Cc2c(OCc3ccc(Cl)cc3)ccc3ccccc23)c(C#N)c1C. The van der Waals surface area contributed by atoms with Crippen molar-refractivity contribution in [3.8, 4) is 11.8 Å². The van der Waals surface area contributed by atoms with Crippen molar-refractivity contribution in [1.82, 2.24) is 0 Å². The lowest BCUT2D eigenvalue weighted by Crippen LogP contribution is -1.99. The molecule has 0 fully saturated rings. The van der Waals surface area contributed by atoms with Crippen LogP contribution in [0.4, 0.5) is 5.00 Å². The third-order valence-corrected chi connectivity index (χ3v) is 6.39. The molecule has 0 atom stereocenters. The van der Waals surface area contributed by atoms with Gasteiger partial charge in [-0.1, -0.05) is 54.1 Å². The summed E-state index contributed by atoms with van der Waals surface area (Å²) >= 11 is 7.51. The van der Waals surface area contributed by atoms with Crippen LogP contribution in [-0.4, -0.2) is 6.21 Å². The van der Waals surface area contributed by atoms with E-state index in [1.807, 2.05) is 68.6 Å². The van der Waals surface area contributed by atoms with E-state index in [0.29, 0.717) is 17.2 Å². The number of aryl methyl sites for hydroxylation is 1. The largest absolute Gasteiger partial charge is 0.488 e. The lowest BCUT2D eigenvalue weighted by molar-refractivity contribution is 0.306. The number of nitriles is 1. The number of fused-ring (bicyclic) bond motifs is 1. The lowest BCUT2D eigenvalue weighted by atomic mass is 10.0. The molecule has 0 N–H and O–H groups in total. The van der Waals surface area contributed by atoms with Crippen LogP contribution in [0.15, 0.2) is 65.7 Å². The van der Waals surface area contributed by atoms with E-state index in [2.05, 4.69) is 23.2 Å². The molecule has 0 aliphatic carbocycles. The summed E-state index contributed by atoms with van der Waals surface area (Å²) in [4.78, 5) is 5.79. The maximum Gasteiger partial charge on any atom is 0.134 e. The van der Waals surface area contributed by atoms with Crippen LogP contribution in [0.3, 0.4) is 0 Å². The standard InChI is InChI=1S/C25H19ClN2OS/c1-16-17(2)30-25(22(16)13-27)28-14-23-21-6-4-3-5-19(21)9-12-24(23)29-15-18-7-10-20(26)11-8-18/h3-12,14H,15H2,1-2H3. The molecule has 3 nitrogen and oxygen atoms in total. The molecule has 0 saturated carbocycles. The zero-order valence-electron chi connectivity index (χ0n) is 16.6. The van der Waals surface area contributed by atoms with Crippen molar-refractivity contribution in [2.24, 2.45) is 4.99 Å². The molecule has 0 saturated heterocycles. The number of halogens is 1. The van der Waals surface area contributed by atoms with Crippen molar-refractivity contribution in [3.63, 3.8) is 0 Å². The minimum atomic E-state index is 0.428. The van der Waals surface area contributed by atoms with Crippen molar-refractivity contribution in [1.29, 1.82) is 5.26 Å². The molecule has 1 heterocycles. The molecular weight excluding hydrogens is 412 g/mol. The summed E-state index contributed by atoms with van der Waals surface area (Å²) in [5.41, 5.74) is 3.56. The van der Waals surface area contributed by atoms with Crippen molar-refractivity contribution < 1.29 is 4.74 Å². The molecule has 0 spiro atoms. The van der Waals surface area contributed by atoms with Crippen LogP contribution < -0.4 is 4.74 Å². The van der Waals surface area contributed by atoms with E-state index in [4.69, 9.17) is 16.3 Å². The Morgan fingerprint density at radius 2 is 1.83 bits per heavy atom. The van der Waals surface area contributed by atoms with Gasteiger partial charge in [-0.15, -0.1) is 11.3 Å². The Labute approximate surface area is 184 Å². The average Bonchev–Trinajstić information content (AvgIpc) is 3.04. The van der Waals surface area contributed by atoms with Crippen molar-refractivity contribution in [2.75, 3.05) is 0 Å². The fraction of sp³-hybridized carbons (Fsp3) is 0.120. The van der Waals surface area contributed by atoms with Gasteiger partial charge in [0.05, 0.1) is 5.56 Å². The van der Waals surface area contributed by atoms with E-state index in [0.717, 1.165) is 43.1 Å². The highest BCUT2D eigenvalue weighted by Gasteiger charge is 2.12. The summed E-state index contributed by atoms with van der Waals surface area (Å²) < 4.78 is 6.15. The molecule has 148 valence electrons. The number of hydrogen-bond donors (Lipinski definition) is 0. The Bertz CT molecular complexity index is 1280. The summed E-state index contributed by atoms with van der Waals surface area (Å²) in [6, 6.07) is 22.0. The van der Waals surface area contributed by atoms with E-state index in [9.17, 15) is 5.26 Å². The van der Waals surface area contributed by atoms with E-state index in [1.54, 1.807) is 0 Å². The summed E-state index contributed by atoms with van der Waals surface area (Å²) in [6.45, 7) is 4.40. The van der Waals surface area contributed by atoms with Gasteiger partial charge in [0.2, 0.25) is 0 Å². The number of aliphatic imine (C=N–C) groups is 1. The van der Waals surface area contributed by atoms with E-state index in [1.165, 1.54) is 11.3 Å². The summed E-state index contributed by atoms with van der Waals surface area (Å²) in [5, 5.41) is 13.1. The smallest absolute Gasteiger partial charge is 0.134 e. The van der Waals surface area contributed by atoms with Gasteiger partial charge >= 0.3 is 0 Å². The van der Waals surface area contributed by atoms with Gasteiger partial charge in [0.25, 0.3) is 0 Å². The molecule has 4 rings (SSSR count). The zero-order valence-corrected chi connectivity index (χ0v) is 18.2. The summed E-state index contributed by atoms with van der Waals surface area (Å²) in [5.74, 6) is 0.746. The van der Waals surface area contributed by atoms with Gasteiger partial charge in [0.1, 0.15) is 23.4 Å². The molecule has 0 bridgehead atoms. The number of rotatable bonds is 5. The van der Waals surface area contributed by atoms with E-state index in [-0.39, 0.29) is 0 Å². The molecule has 0 aliphatic heterocycles. The Balaban J connectivity index is 1.73. The number of nitrogens with zero attached hydrogens (tertiary/aromatic N) is 2. The van der Waals surface area contributed by atoms with Gasteiger partial charge < -0.3 is 4.74 Å². The number of ether oxygens (including phenoxy) is 1. The van der Waals surface area contributed by atoms with Gasteiger partial charge in [0, 0.05) is 21.7 Å². The Kier molecular flexibility index (Phi) is 5.85.